The van der Waals surface area contributed by atoms with Crippen molar-refractivity contribution in [1.29, 1.82) is 0 Å². The number of rotatable bonds is 13. The molecule has 3 unspecified atom stereocenters. The molecule has 69 heavy (non-hydrogen) atoms. The Morgan fingerprint density at radius 2 is 0.855 bits per heavy atom. The zero-order chi connectivity index (χ0) is 48.9. The van der Waals surface area contributed by atoms with Crippen molar-refractivity contribution in [3.8, 4) is 22.3 Å². The molecule has 0 bridgehead atoms. The van der Waals surface area contributed by atoms with E-state index in [1.165, 1.54) is 11.1 Å². The third kappa shape index (κ3) is 11.5. The van der Waals surface area contributed by atoms with E-state index in [0.717, 1.165) is 55.4 Å². The van der Waals surface area contributed by atoms with Gasteiger partial charge in [0.25, 0.3) is 0 Å². The standard InChI is InChI=1S/C19H16ClP.C19H20N2O3.C18H18N2O4/c20-19(15-7-3-1-4-8-15,16-9-5-2-6-10-16)17-11-13-18(21)14-12-17;1-2-17(18(20)22)21-19(23)24-11-16-14-9-5-3-7-12(14)13-8-4-6-10-15(13)16;19-17(22)16(9-21)20-18(23)24-10-15-13-7-3-1-5-11(13)12-6-2-4-8-14(12)15/h1-14H,21H2;3-10,16-17H,2,11H2,1H3,(H2,20,22)(H,21,23);1-8,15-16,21H,9-10H2,(H2,19,22)(H,20,23). The molecule has 0 heterocycles. The number of nitrogens with two attached hydrogens (primary N) is 2. The molecule has 0 saturated heterocycles. The summed E-state index contributed by atoms with van der Waals surface area (Å²) < 4.78 is 10.6. The molecule has 7 aromatic carbocycles. The molecular formula is C56H54ClN4O7P. The number of hydrogen-bond donors (Lipinski definition) is 5. The fourth-order valence-corrected chi connectivity index (χ4v) is 9.26. The zero-order valence-corrected chi connectivity index (χ0v) is 39.9. The van der Waals surface area contributed by atoms with Gasteiger partial charge < -0.3 is 36.7 Å². The summed E-state index contributed by atoms with van der Waals surface area (Å²) in [6, 6.07) is 59.1. The van der Waals surface area contributed by atoms with E-state index >= 15 is 0 Å². The Morgan fingerprint density at radius 1 is 0.536 bits per heavy atom. The van der Waals surface area contributed by atoms with Gasteiger partial charge in [-0.15, -0.1) is 20.8 Å². The largest absolute Gasteiger partial charge is 0.449 e. The lowest BCUT2D eigenvalue weighted by molar-refractivity contribution is -0.121. The third-order valence-corrected chi connectivity index (χ3v) is 13.2. The minimum absolute atomic E-state index is 0.00296. The van der Waals surface area contributed by atoms with Crippen LogP contribution in [-0.4, -0.2) is 61.0 Å². The number of nitrogens with one attached hydrogen (secondary N) is 2. The lowest BCUT2D eigenvalue weighted by Crippen LogP contribution is -2.47. The van der Waals surface area contributed by atoms with Crippen molar-refractivity contribution < 1.29 is 33.8 Å². The van der Waals surface area contributed by atoms with Crippen molar-refractivity contribution >= 4 is 50.1 Å². The highest BCUT2D eigenvalue weighted by atomic mass is 35.5. The van der Waals surface area contributed by atoms with Gasteiger partial charge in [0.1, 0.15) is 30.2 Å². The maximum atomic E-state index is 12.0. The van der Waals surface area contributed by atoms with Crippen molar-refractivity contribution in [3.63, 3.8) is 0 Å². The molecule has 7 aromatic rings. The highest BCUT2D eigenvalue weighted by molar-refractivity contribution is 7.27. The summed E-state index contributed by atoms with van der Waals surface area (Å²) in [6.07, 6.45) is -0.975. The van der Waals surface area contributed by atoms with E-state index in [4.69, 9.17) is 37.6 Å². The number of primary amides is 2. The summed E-state index contributed by atoms with van der Waals surface area (Å²) in [4.78, 5) is 45.4. The Balaban J connectivity index is 0.000000153. The summed E-state index contributed by atoms with van der Waals surface area (Å²) >= 11 is 7.16. The number of hydrogen-bond acceptors (Lipinski definition) is 7. The van der Waals surface area contributed by atoms with Crippen LogP contribution in [0.1, 0.15) is 64.1 Å². The molecule has 11 nitrogen and oxygen atoms in total. The van der Waals surface area contributed by atoms with Gasteiger partial charge in [0.15, 0.2) is 0 Å². The predicted octanol–water partition coefficient (Wildman–Crippen LogP) is 8.88. The Labute approximate surface area is 409 Å². The second-order valence-corrected chi connectivity index (χ2v) is 17.7. The molecule has 0 radical (unpaired) electrons. The smallest absolute Gasteiger partial charge is 0.407 e. The third-order valence-electron chi connectivity index (χ3n) is 12.2. The van der Waals surface area contributed by atoms with E-state index < -0.39 is 47.6 Å². The molecule has 2 aliphatic carbocycles. The van der Waals surface area contributed by atoms with Crippen molar-refractivity contribution in [1.82, 2.24) is 10.6 Å². The molecular weight excluding hydrogens is 907 g/mol. The van der Waals surface area contributed by atoms with Crippen LogP contribution in [0.5, 0.6) is 0 Å². The second kappa shape index (κ2) is 23.1. The van der Waals surface area contributed by atoms with Crippen molar-refractivity contribution in [3.05, 3.63) is 221 Å². The van der Waals surface area contributed by atoms with Crippen LogP contribution in [0.4, 0.5) is 9.59 Å². The van der Waals surface area contributed by atoms with Crippen LogP contribution in [0.25, 0.3) is 22.3 Å². The van der Waals surface area contributed by atoms with Crippen LogP contribution in [0.2, 0.25) is 0 Å². The van der Waals surface area contributed by atoms with E-state index in [2.05, 4.69) is 92.7 Å². The first-order valence-corrected chi connectivity index (χ1v) is 23.5. The lowest BCUT2D eigenvalue weighted by Gasteiger charge is -2.29. The number of aliphatic hydroxyl groups excluding tert-OH is 1. The van der Waals surface area contributed by atoms with Gasteiger partial charge in [0.05, 0.1) is 6.61 Å². The van der Waals surface area contributed by atoms with E-state index in [1.54, 1.807) is 6.92 Å². The molecule has 0 saturated carbocycles. The number of carbonyl (C=O) groups is 4. The highest BCUT2D eigenvalue weighted by Gasteiger charge is 2.34. The Hall–Kier alpha value is -7.30. The number of ether oxygens (including phenoxy) is 2. The number of carbonyl (C=O) groups excluding carboxylic acids is 4. The van der Waals surface area contributed by atoms with Crippen LogP contribution in [0.3, 0.4) is 0 Å². The van der Waals surface area contributed by atoms with Gasteiger partial charge in [-0.2, -0.15) is 0 Å². The normalized spacial score (nSPS) is 13.0. The number of aliphatic hydroxyl groups is 1. The van der Waals surface area contributed by atoms with Gasteiger partial charge in [-0.1, -0.05) is 189 Å². The summed E-state index contributed by atoms with van der Waals surface area (Å²) in [6.45, 7) is 1.56. The molecule has 352 valence electrons. The van der Waals surface area contributed by atoms with Crippen LogP contribution in [0.15, 0.2) is 182 Å². The van der Waals surface area contributed by atoms with Crippen LogP contribution in [-0.2, 0) is 23.9 Å². The van der Waals surface area contributed by atoms with E-state index in [-0.39, 0.29) is 25.0 Å². The lowest BCUT2D eigenvalue weighted by atomic mass is 9.84. The minimum Gasteiger partial charge on any atom is -0.449 e. The summed E-state index contributed by atoms with van der Waals surface area (Å²) in [7, 11) is 2.71. The van der Waals surface area contributed by atoms with Crippen LogP contribution >= 0.6 is 20.8 Å². The monoisotopic (exact) mass is 960 g/mol. The second-order valence-electron chi connectivity index (χ2n) is 16.5. The van der Waals surface area contributed by atoms with Gasteiger partial charge >= 0.3 is 12.2 Å². The molecule has 0 aliphatic heterocycles. The first kappa shape index (κ1) is 49.6. The van der Waals surface area contributed by atoms with Gasteiger partial charge in [0.2, 0.25) is 11.8 Å². The highest BCUT2D eigenvalue weighted by Crippen LogP contribution is 2.46. The number of halogens is 1. The molecule has 0 aromatic heterocycles. The molecule has 4 amide bonds. The summed E-state index contributed by atoms with van der Waals surface area (Å²) in [5.74, 6) is -1.45. The minimum atomic E-state index is -1.15. The van der Waals surface area contributed by atoms with Gasteiger partial charge in [-0.05, 0) is 72.9 Å². The molecule has 0 fully saturated rings. The number of amides is 4. The Morgan fingerprint density at radius 3 is 1.19 bits per heavy atom. The summed E-state index contributed by atoms with van der Waals surface area (Å²) in [5.41, 5.74) is 22.6. The van der Waals surface area contributed by atoms with Gasteiger partial charge in [-0.25, -0.2) is 9.59 Å². The molecule has 13 heteroatoms. The molecule has 7 N–H and O–H groups in total. The fourth-order valence-electron chi connectivity index (χ4n) is 8.69. The Bertz CT molecular complexity index is 2620. The zero-order valence-electron chi connectivity index (χ0n) is 38.0. The maximum absolute atomic E-state index is 12.0. The van der Waals surface area contributed by atoms with Crippen molar-refractivity contribution in [2.45, 2.75) is 42.1 Å². The first-order chi connectivity index (χ1) is 33.4. The molecule has 9 rings (SSSR count). The maximum Gasteiger partial charge on any atom is 0.407 e. The number of benzene rings is 7. The van der Waals surface area contributed by atoms with Crippen LogP contribution < -0.4 is 27.4 Å². The average Bonchev–Trinajstić information content (AvgIpc) is 3.88. The molecule has 2 aliphatic rings. The number of alkyl halides is 1. The summed E-state index contributed by atoms with van der Waals surface area (Å²) in [5, 5.41) is 14.9. The van der Waals surface area contributed by atoms with Crippen LogP contribution in [0, 0.1) is 0 Å². The van der Waals surface area contributed by atoms with E-state index in [1.807, 2.05) is 109 Å². The predicted molar refractivity (Wildman–Crippen MR) is 274 cm³/mol. The van der Waals surface area contributed by atoms with Crippen molar-refractivity contribution in [2.75, 3.05) is 19.8 Å². The quantitative estimate of drug-likeness (QED) is 0.0435. The average molecular weight is 961 g/mol. The number of fused-ring (bicyclic) bond motifs is 6. The van der Waals surface area contributed by atoms with Crippen molar-refractivity contribution in [2.24, 2.45) is 11.5 Å². The van der Waals surface area contributed by atoms with Gasteiger partial charge in [-0.3, -0.25) is 9.59 Å². The van der Waals surface area contributed by atoms with E-state index in [9.17, 15) is 19.2 Å². The molecule has 3 atom stereocenters. The molecule has 0 spiro atoms. The van der Waals surface area contributed by atoms with Gasteiger partial charge in [0, 0.05) is 11.8 Å². The Kier molecular flexibility index (Phi) is 16.6. The number of alkyl carbamates (subject to hydrolysis) is 2. The SMILES string of the molecule is CCC(NC(=O)OCC1c2ccccc2-c2ccccc21)C(N)=O.NC(=O)C(CO)NC(=O)OCC1c2ccccc2-c2ccccc21.Pc1ccc(C(Cl)(c2ccccc2)c2ccccc2)cc1. The van der Waals surface area contributed by atoms with E-state index in [0.29, 0.717) is 6.42 Å². The first-order valence-electron chi connectivity index (χ1n) is 22.5. The topological polar surface area (TPSA) is 183 Å². The fraction of sp³-hybridized carbons (Fsp3) is 0.179.